The van der Waals surface area contributed by atoms with Crippen LogP contribution in [0.15, 0.2) is 24.3 Å². The van der Waals surface area contributed by atoms with Gasteiger partial charge >= 0.3 is 0 Å². The minimum atomic E-state index is 0.590. The van der Waals surface area contributed by atoms with Crippen LogP contribution in [0.2, 0.25) is 0 Å². The summed E-state index contributed by atoms with van der Waals surface area (Å²) in [5.41, 5.74) is 2.88. The summed E-state index contributed by atoms with van der Waals surface area (Å²) in [4.78, 5) is 5.10. The molecule has 1 aliphatic rings. The van der Waals surface area contributed by atoms with Crippen LogP contribution in [0.5, 0.6) is 0 Å². The van der Waals surface area contributed by atoms with Gasteiger partial charge in [-0.3, -0.25) is 4.90 Å². The first kappa shape index (κ1) is 16.5. The fourth-order valence-corrected chi connectivity index (χ4v) is 2.95. The Hall–Kier alpha value is -0.900. The average Bonchev–Trinajstić information content (AvgIpc) is 2.54. The Balaban J connectivity index is 1.82. The fourth-order valence-electron chi connectivity index (χ4n) is 2.95. The molecule has 0 spiro atoms. The van der Waals surface area contributed by atoms with E-state index in [4.69, 9.17) is 0 Å². The van der Waals surface area contributed by atoms with Gasteiger partial charge in [-0.05, 0) is 30.1 Å². The van der Waals surface area contributed by atoms with Gasteiger partial charge < -0.3 is 10.2 Å². The summed E-state index contributed by atoms with van der Waals surface area (Å²) in [6.45, 7) is 15.9. The van der Waals surface area contributed by atoms with Crippen molar-refractivity contribution < 1.29 is 0 Å². The van der Waals surface area contributed by atoms with Crippen LogP contribution in [0.25, 0.3) is 0 Å². The van der Waals surface area contributed by atoms with E-state index < -0.39 is 0 Å². The standard InChI is InChI=1S/C18H31N3/c1-4-19-14-16(3)18-8-6-17(7-9-18)15-21-12-10-20(5-2)11-13-21/h6-9,16,19H,4-5,10-15H2,1-3H3. The third kappa shape index (κ3) is 5.10. The Morgan fingerprint density at radius 2 is 1.62 bits per heavy atom. The van der Waals surface area contributed by atoms with E-state index in [1.54, 1.807) is 0 Å². The molecule has 1 fully saturated rings. The van der Waals surface area contributed by atoms with Gasteiger partial charge in [0.2, 0.25) is 0 Å². The predicted molar refractivity (Wildman–Crippen MR) is 90.8 cm³/mol. The lowest BCUT2D eigenvalue weighted by molar-refractivity contribution is 0.132. The number of nitrogens with one attached hydrogen (secondary N) is 1. The SMILES string of the molecule is CCNCC(C)c1ccc(CN2CCN(CC)CC2)cc1. The van der Waals surface area contributed by atoms with Crippen molar-refractivity contribution >= 4 is 0 Å². The summed E-state index contributed by atoms with van der Waals surface area (Å²) in [5.74, 6) is 0.590. The molecule has 1 aromatic carbocycles. The molecule has 118 valence electrons. The molecule has 0 aliphatic carbocycles. The molecule has 1 heterocycles. The highest BCUT2D eigenvalue weighted by atomic mass is 15.3. The van der Waals surface area contributed by atoms with Crippen molar-refractivity contribution in [2.75, 3.05) is 45.8 Å². The molecule has 1 aromatic rings. The number of piperazine rings is 1. The molecule has 1 aliphatic heterocycles. The maximum Gasteiger partial charge on any atom is 0.0234 e. The van der Waals surface area contributed by atoms with Crippen LogP contribution in [-0.4, -0.2) is 55.6 Å². The second kappa shape index (κ2) is 8.52. The molecule has 2 rings (SSSR count). The van der Waals surface area contributed by atoms with Gasteiger partial charge in [0, 0.05) is 39.3 Å². The van der Waals surface area contributed by atoms with Crippen molar-refractivity contribution in [3.63, 3.8) is 0 Å². The van der Waals surface area contributed by atoms with Crippen LogP contribution in [0.4, 0.5) is 0 Å². The molecule has 0 radical (unpaired) electrons. The van der Waals surface area contributed by atoms with Crippen molar-refractivity contribution in [1.29, 1.82) is 0 Å². The smallest absolute Gasteiger partial charge is 0.0234 e. The van der Waals surface area contributed by atoms with Crippen LogP contribution in [-0.2, 0) is 6.54 Å². The number of hydrogen-bond donors (Lipinski definition) is 1. The maximum atomic E-state index is 3.42. The molecule has 0 bridgehead atoms. The molecule has 1 atom stereocenters. The maximum absolute atomic E-state index is 3.42. The van der Waals surface area contributed by atoms with Crippen molar-refractivity contribution in [2.45, 2.75) is 33.2 Å². The molecular formula is C18H31N3. The van der Waals surface area contributed by atoms with Crippen molar-refractivity contribution in [3.8, 4) is 0 Å². The second-order valence-electron chi connectivity index (χ2n) is 6.16. The highest BCUT2D eigenvalue weighted by Gasteiger charge is 2.15. The summed E-state index contributed by atoms with van der Waals surface area (Å²) in [7, 11) is 0. The minimum absolute atomic E-state index is 0.590. The van der Waals surface area contributed by atoms with Gasteiger partial charge in [-0.1, -0.05) is 45.0 Å². The van der Waals surface area contributed by atoms with Crippen LogP contribution < -0.4 is 5.32 Å². The lowest BCUT2D eigenvalue weighted by Gasteiger charge is -2.34. The second-order valence-corrected chi connectivity index (χ2v) is 6.16. The average molecular weight is 289 g/mol. The fraction of sp³-hybridized carbons (Fsp3) is 0.667. The zero-order chi connectivity index (χ0) is 15.1. The summed E-state index contributed by atoms with van der Waals surface area (Å²) in [6.07, 6.45) is 0. The van der Waals surface area contributed by atoms with E-state index in [0.29, 0.717) is 5.92 Å². The summed E-state index contributed by atoms with van der Waals surface area (Å²) in [6, 6.07) is 9.23. The molecule has 1 saturated heterocycles. The molecule has 21 heavy (non-hydrogen) atoms. The molecule has 3 nitrogen and oxygen atoms in total. The van der Waals surface area contributed by atoms with Gasteiger partial charge in [-0.25, -0.2) is 0 Å². The summed E-state index contributed by atoms with van der Waals surface area (Å²) >= 11 is 0. The monoisotopic (exact) mass is 289 g/mol. The molecule has 0 amide bonds. The van der Waals surface area contributed by atoms with E-state index in [1.165, 1.54) is 43.9 Å². The van der Waals surface area contributed by atoms with Crippen molar-refractivity contribution in [2.24, 2.45) is 0 Å². The minimum Gasteiger partial charge on any atom is -0.316 e. The van der Waals surface area contributed by atoms with E-state index >= 15 is 0 Å². The van der Waals surface area contributed by atoms with Gasteiger partial charge in [0.25, 0.3) is 0 Å². The highest BCUT2D eigenvalue weighted by Crippen LogP contribution is 2.16. The first-order chi connectivity index (χ1) is 10.2. The number of nitrogens with zero attached hydrogens (tertiary/aromatic N) is 2. The zero-order valence-electron chi connectivity index (χ0n) is 13.9. The van der Waals surface area contributed by atoms with Gasteiger partial charge in [0.1, 0.15) is 0 Å². The van der Waals surface area contributed by atoms with Gasteiger partial charge in [0.05, 0.1) is 0 Å². The van der Waals surface area contributed by atoms with Crippen LogP contribution in [0.3, 0.4) is 0 Å². The number of benzene rings is 1. The molecule has 0 aromatic heterocycles. The Morgan fingerprint density at radius 1 is 1.00 bits per heavy atom. The van der Waals surface area contributed by atoms with E-state index in [1.807, 2.05) is 0 Å². The lowest BCUT2D eigenvalue weighted by atomic mass is 9.99. The molecule has 1 unspecified atom stereocenters. The first-order valence-electron chi connectivity index (χ1n) is 8.47. The van der Waals surface area contributed by atoms with Gasteiger partial charge in [-0.2, -0.15) is 0 Å². The quantitative estimate of drug-likeness (QED) is 0.832. The number of rotatable bonds is 7. The number of likely N-dealkylation sites (N-methyl/N-ethyl adjacent to an activating group) is 2. The third-order valence-electron chi connectivity index (χ3n) is 4.57. The van der Waals surface area contributed by atoms with Gasteiger partial charge in [-0.15, -0.1) is 0 Å². The topological polar surface area (TPSA) is 18.5 Å². The van der Waals surface area contributed by atoms with E-state index in [2.05, 4.69) is 60.2 Å². The summed E-state index contributed by atoms with van der Waals surface area (Å²) in [5, 5.41) is 3.42. The predicted octanol–water partition coefficient (Wildman–Crippen LogP) is 2.54. The van der Waals surface area contributed by atoms with Crippen LogP contribution in [0, 0.1) is 0 Å². The highest BCUT2D eigenvalue weighted by molar-refractivity contribution is 5.25. The molecule has 3 heteroatoms. The van der Waals surface area contributed by atoms with Crippen molar-refractivity contribution in [1.82, 2.24) is 15.1 Å². The molecular weight excluding hydrogens is 258 g/mol. The largest absolute Gasteiger partial charge is 0.316 e. The third-order valence-corrected chi connectivity index (χ3v) is 4.57. The Morgan fingerprint density at radius 3 is 2.19 bits per heavy atom. The first-order valence-corrected chi connectivity index (χ1v) is 8.47. The lowest BCUT2D eigenvalue weighted by Crippen LogP contribution is -2.45. The Labute approximate surface area is 130 Å². The Bertz CT molecular complexity index is 393. The number of hydrogen-bond acceptors (Lipinski definition) is 3. The van der Waals surface area contributed by atoms with E-state index in [-0.39, 0.29) is 0 Å². The van der Waals surface area contributed by atoms with Crippen LogP contribution >= 0.6 is 0 Å². The zero-order valence-corrected chi connectivity index (χ0v) is 13.9. The Kier molecular flexibility index (Phi) is 6.68. The van der Waals surface area contributed by atoms with E-state index in [9.17, 15) is 0 Å². The van der Waals surface area contributed by atoms with Crippen LogP contribution in [0.1, 0.15) is 37.8 Å². The van der Waals surface area contributed by atoms with Crippen molar-refractivity contribution in [3.05, 3.63) is 35.4 Å². The van der Waals surface area contributed by atoms with E-state index in [0.717, 1.165) is 19.6 Å². The molecule has 0 saturated carbocycles. The molecule has 1 N–H and O–H groups in total. The summed E-state index contributed by atoms with van der Waals surface area (Å²) < 4.78 is 0. The normalized spacial score (nSPS) is 18.8. The van der Waals surface area contributed by atoms with Gasteiger partial charge in [0.15, 0.2) is 0 Å².